The lowest BCUT2D eigenvalue weighted by atomic mass is 10.0. The predicted molar refractivity (Wildman–Crippen MR) is 69.6 cm³/mol. The quantitative estimate of drug-likeness (QED) is 0.408. The highest BCUT2D eigenvalue weighted by atomic mass is 16.5. The molecule has 7 nitrogen and oxygen atoms in total. The summed E-state index contributed by atoms with van der Waals surface area (Å²) in [6.45, 7) is -1.28. The lowest BCUT2D eigenvalue weighted by molar-refractivity contribution is -0.0154. The average Bonchev–Trinajstić information content (AvgIpc) is 2.50. The molecule has 0 fully saturated rings. The van der Waals surface area contributed by atoms with Gasteiger partial charge in [0.2, 0.25) is 0 Å². The van der Waals surface area contributed by atoms with Gasteiger partial charge >= 0.3 is 0 Å². The first-order chi connectivity index (χ1) is 9.57. The summed E-state index contributed by atoms with van der Waals surface area (Å²) in [5.41, 5.74) is 0.347. The number of ether oxygens (including phenoxy) is 2. The standard InChI is InChI=1S/C13H20O7/c1-19-12-4-8(13(18)10(17)7-16)2-3-11(12)20-9(5-14)6-15/h2-4,9-10,13-18H,5-7H2,1H3/t10-,13-/m1/s1. The van der Waals surface area contributed by atoms with Gasteiger partial charge in [-0.3, -0.25) is 0 Å². The molecule has 2 atom stereocenters. The minimum Gasteiger partial charge on any atom is -0.493 e. The Kier molecular flexibility index (Phi) is 6.69. The number of methoxy groups -OCH3 is 1. The van der Waals surface area contributed by atoms with Crippen LogP contribution in [0.2, 0.25) is 0 Å². The van der Waals surface area contributed by atoms with Crippen molar-refractivity contribution in [3.05, 3.63) is 23.8 Å². The van der Waals surface area contributed by atoms with E-state index in [1.807, 2.05) is 0 Å². The minimum absolute atomic E-state index is 0.276. The SMILES string of the molecule is COc1cc([C@@H](O)[C@H](O)CO)ccc1OC(CO)CO. The van der Waals surface area contributed by atoms with Crippen LogP contribution in [0.15, 0.2) is 18.2 Å². The molecule has 0 aliphatic heterocycles. The van der Waals surface area contributed by atoms with Crippen molar-refractivity contribution in [2.24, 2.45) is 0 Å². The molecular weight excluding hydrogens is 268 g/mol. The van der Waals surface area contributed by atoms with Crippen molar-refractivity contribution in [2.45, 2.75) is 18.3 Å². The van der Waals surface area contributed by atoms with Crippen LogP contribution >= 0.6 is 0 Å². The monoisotopic (exact) mass is 288 g/mol. The molecule has 0 saturated carbocycles. The van der Waals surface area contributed by atoms with E-state index in [1.54, 1.807) is 0 Å². The minimum atomic E-state index is -1.30. The topological polar surface area (TPSA) is 120 Å². The van der Waals surface area contributed by atoms with Gasteiger partial charge in [0, 0.05) is 0 Å². The third-order valence-electron chi connectivity index (χ3n) is 2.78. The summed E-state index contributed by atoms with van der Waals surface area (Å²) in [5, 5.41) is 45.9. The third-order valence-corrected chi connectivity index (χ3v) is 2.78. The molecular formula is C13H20O7. The molecule has 0 unspecified atom stereocenters. The fraction of sp³-hybridized carbons (Fsp3) is 0.538. The summed E-state index contributed by atoms with van der Waals surface area (Å²) >= 11 is 0. The number of hydrogen-bond acceptors (Lipinski definition) is 7. The zero-order chi connectivity index (χ0) is 15.1. The maximum atomic E-state index is 9.79. The van der Waals surface area contributed by atoms with Crippen LogP contribution in [-0.2, 0) is 0 Å². The smallest absolute Gasteiger partial charge is 0.161 e. The summed E-state index contributed by atoms with van der Waals surface area (Å²) in [6.07, 6.45) is -3.33. The Morgan fingerprint density at radius 2 is 1.65 bits per heavy atom. The molecule has 1 aromatic carbocycles. The maximum Gasteiger partial charge on any atom is 0.161 e. The van der Waals surface area contributed by atoms with Crippen molar-refractivity contribution in [3.63, 3.8) is 0 Å². The van der Waals surface area contributed by atoms with Crippen molar-refractivity contribution >= 4 is 0 Å². The van der Waals surface area contributed by atoms with Gasteiger partial charge in [-0.25, -0.2) is 0 Å². The van der Waals surface area contributed by atoms with E-state index in [-0.39, 0.29) is 24.7 Å². The first-order valence-corrected chi connectivity index (χ1v) is 6.10. The van der Waals surface area contributed by atoms with Crippen LogP contribution in [0.4, 0.5) is 0 Å². The summed E-state index contributed by atoms with van der Waals surface area (Å²) in [6, 6.07) is 4.43. The molecule has 5 N–H and O–H groups in total. The Bertz CT molecular complexity index is 406. The molecule has 0 aliphatic carbocycles. The number of benzene rings is 1. The highest BCUT2D eigenvalue weighted by molar-refractivity contribution is 5.44. The van der Waals surface area contributed by atoms with Gasteiger partial charge in [0.15, 0.2) is 11.5 Å². The van der Waals surface area contributed by atoms with Crippen LogP contribution in [0.5, 0.6) is 11.5 Å². The van der Waals surface area contributed by atoms with Crippen LogP contribution in [0, 0.1) is 0 Å². The van der Waals surface area contributed by atoms with Gasteiger partial charge < -0.3 is 35.0 Å². The maximum absolute atomic E-state index is 9.79. The lowest BCUT2D eigenvalue weighted by Gasteiger charge is -2.20. The fourth-order valence-electron chi connectivity index (χ4n) is 1.60. The van der Waals surface area contributed by atoms with Crippen LogP contribution in [0.25, 0.3) is 0 Å². The van der Waals surface area contributed by atoms with Crippen molar-refractivity contribution < 1.29 is 35.0 Å². The van der Waals surface area contributed by atoms with Crippen molar-refractivity contribution in [1.29, 1.82) is 0 Å². The number of aliphatic hydroxyl groups is 5. The Balaban J connectivity index is 2.95. The van der Waals surface area contributed by atoms with E-state index < -0.39 is 24.9 Å². The molecule has 1 aromatic rings. The van der Waals surface area contributed by atoms with Gasteiger partial charge in [0.05, 0.1) is 26.9 Å². The number of aliphatic hydroxyl groups excluding tert-OH is 5. The highest BCUT2D eigenvalue weighted by Crippen LogP contribution is 2.31. The van der Waals surface area contributed by atoms with E-state index in [4.69, 9.17) is 24.8 Å². The van der Waals surface area contributed by atoms with Gasteiger partial charge in [0.25, 0.3) is 0 Å². The van der Waals surface area contributed by atoms with Crippen molar-refractivity contribution in [3.8, 4) is 11.5 Å². The molecule has 0 amide bonds. The molecule has 0 spiro atoms. The molecule has 0 bridgehead atoms. The molecule has 1 rings (SSSR count). The van der Waals surface area contributed by atoms with Crippen LogP contribution in [0.1, 0.15) is 11.7 Å². The number of hydrogen-bond donors (Lipinski definition) is 5. The fourth-order valence-corrected chi connectivity index (χ4v) is 1.60. The summed E-state index contributed by atoms with van der Waals surface area (Å²) < 4.78 is 10.4. The Morgan fingerprint density at radius 1 is 1.00 bits per heavy atom. The van der Waals surface area contributed by atoms with Crippen LogP contribution in [-0.4, -0.2) is 64.7 Å². The van der Waals surface area contributed by atoms with Crippen molar-refractivity contribution in [2.75, 3.05) is 26.9 Å². The Hall–Kier alpha value is -1.38. The largest absolute Gasteiger partial charge is 0.493 e. The molecule has 114 valence electrons. The second-order valence-corrected chi connectivity index (χ2v) is 4.21. The molecule has 0 aromatic heterocycles. The van der Waals surface area contributed by atoms with Gasteiger partial charge in [0.1, 0.15) is 18.3 Å². The van der Waals surface area contributed by atoms with E-state index in [9.17, 15) is 10.2 Å². The predicted octanol–water partition coefficient (Wildman–Crippen LogP) is -1.19. The Morgan fingerprint density at radius 3 is 2.15 bits per heavy atom. The molecule has 0 radical (unpaired) electrons. The van der Waals surface area contributed by atoms with E-state index in [0.29, 0.717) is 5.56 Å². The second kappa shape index (κ2) is 8.03. The van der Waals surface area contributed by atoms with Gasteiger partial charge in [-0.2, -0.15) is 0 Å². The average molecular weight is 288 g/mol. The van der Waals surface area contributed by atoms with E-state index in [2.05, 4.69) is 0 Å². The second-order valence-electron chi connectivity index (χ2n) is 4.21. The summed E-state index contributed by atoms with van der Waals surface area (Å²) in [5.74, 6) is 0.564. The molecule has 0 saturated heterocycles. The Labute approximate surface area is 116 Å². The summed E-state index contributed by atoms with van der Waals surface area (Å²) in [7, 11) is 1.40. The molecule has 7 heteroatoms. The lowest BCUT2D eigenvalue weighted by Crippen LogP contribution is -2.25. The first-order valence-electron chi connectivity index (χ1n) is 6.10. The highest BCUT2D eigenvalue weighted by Gasteiger charge is 2.20. The number of rotatable bonds is 8. The van der Waals surface area contributed by atoms with Crippen molar-refractivity contribution in [1.82, 2.24) is 0 Å². The first kappa shape index (κ1) is 16.7. The van der Waals surface area contributed by atoms with Gasteiger partial charge in [-0.05, 0) is 17.7 Å². The molecule has 0 heterocycles. The van der Waals surface area contributed by atoms with Crippen LogP contribution < -0.4 is 9.47 Å². The molecule has 0 aliphatic rings. The summed E-state index contributed by atoms with van der Waals surface area (Å²) in [4.78, 5) is 0. The zero-order valence-electron chi connectivity index (χ0n) is 11.1. The van der Waals surface area contributed by atoms with E-state index in [0.717, 1.165) is 0 Å². The van der Waals surface area contributed by atoms with E-state index >= 15 is 0 Å². The zero-order valence-corrected chi connectivity index (χ0v) is 11.1. The van der Waals surface area contributed by atoms with E-state index in [1.165, 1.54) is 25.3 Å². The van der Waals surface area contributed by atoms with Crippen LogP contribution in [0.3, 0.4) is 0 Å². The molecule has 20 heavy (non-hydrogen) atoms. The normalized spacial score (nSPS) is 14.2. The van der Waals surface area contributed by atoms with Gasteiger partial charge in [-0.15, -0.1) is 0 Å². The van der Waals surface area contributed by atoms with Gasteiger partial charge in [-0.1, -0.05) is 6.07 Å². The third kappa shape index (κ3) is 4.06.